The van der Waals surface area contributed by atoms with Crippen LogP contribution in [0.4, 0.5) is 0 Å². The van der Waals surface area contributed by atoms with Gasteiger partial charge in [-0.1, -0.05) is 33.1 Å². The van der Waals surface area contributed by atoms with Crippen LogP contribution in [-0.2, 0) is 14.1 Å². The van der Waals surface area contributed by atoms with Crippen LogP contribution in [-0.4, -0.2) is 16.4 Å². The topological polar surface area (TPSA) is 76.0 Å². The van der Waals surface area contributed by atoms with Gasteiger partial charge in [0.05, 0.1) is 6.61 Å². The molecule has 0 fully saturated rings. The van der Waals surface area contributed by atoms with E-state index in [1.165, 1.54) is 0 Å². The fourth-order valence-electron chi connectivity index (χ4n) is 1.09. The molecule has 0 bridgehead atoms. The largest absolute Gasteiger partial charge is 0.496 e. The molecular weight excluding hydrogens is 207 g/mol. The van der Waals surface area contributed by atoms with Crippen LogP contribution < -0.4 is 0 Å². The van der Waals surface area contributed by atoms with Crippen LogP contribution >= 0.6 is 7.82 Å². The van der Waals surface area contributed by atoms with Crippen molar-refractivity contribution in [2.45, 2.75) is 39.5 Å². The highest BCUT2D eigenvalue weighted by Crippen LogP contribution is 2.36. The van der Waals surface area contributed by atoms with Crippen molar-refractivity contribution in [2.24, 2.45) is 5.92 Å². The molecule has 14 heavy (non-hydrogen) atoms. The molecule has 5 nitrogen and oxygen atoms in total. The molecule has 0 aromatic carbocycles. The number of hydrogen-bond donors (Lipinski definition) is 2. The molecule has 0 rings (SSSR count). The average Bonchev–Trinajstić information content (AvgIpc) is 2.09. The minimum absolute atomic E-state index is 0.238. The summed E-state index contributed by atoms with van der Waals surface area (Å²) in [6.45, 7) is 4.35. The lowest BCUT2D eigenvalue weighted by Crippen LogP contribution is -2.08. The SMILES string of the molecule is CCCCC(CC)COOP(=O)(O)O. The minimum atomic E-state index is -4.48. The van der Waals surface area contributed by atoms with Crippen LogP contribution in [0.2, 0.25) is 0 Å². The molecule has 0 amide bonds. The van der Waals surface area contributed by atoms with Gasteiger partial charge in [-0.15, -0.1) is 4.67 Å². The Bertz CT molecular complexity index is 179. The smallest absolute Gasteiger partial charge is 0.301 e. The Morgan fingerprint density at radius 3 is 2.43 bits per heavy atom. The number of phosphoric acid groups is 1. The third-order valence-corrected chi connectivity index (χ3v) is 2.30. The lowest BCUT2D eigenvalue weighted by atomic mass is 10.0. The van der Waals surface area contributed by atoms with E-state index in [1.807, 2.05) is 6.92 Å². The quantitative estimate of drug-likeness (QED) is 0.377. The molecule has 86 valence electrons. The highest BCUT2D eigenvalue weighted by atomic mass is 31.2. The van der Waals surface area contributed by atoms with Crippen molar-refractivity contribution in [3.8, 4) is 0 Å². The monoisotopic (exact) mass is 226 g/mol. The molecule has 0 saturated heterocycles. The predicted molar refractivity (Wildman–Crippen MR) is 52.4 cm³/mol. The van der Waals surface area contributed by atoms with Gasteiger partial charge in [-0.05, 0) is 12.3 Å². The lowest BCUT2D eigenvalue weighted by Gasteiger charge is -2.13. The van der Waals surface area contributed by atoms with E-state index in [0.29, 0.717) is 5.92 Å². The normalized spacial score (nSPS) is 14.3. The molecule has 0 aromatic rings. The highest BCUT2D eigenvalue weighted by molar-refractivity contribution is 7.46. The summed E-state index contributed by atoms with van der Waals surface area (Å²) in [5, 5.41) is 0. The van der Waals surface area contributed by atoms with E-state index in [2.05, 4.69) is 16.5 Å². The maximum absolute atomic E-state index is 10.3. The second-order valence-corrected chi connectivity index (χ2v) is 4.40. The molecule has 2 N–H and O–H groups in total. The fourth-order valence-corrected chi connectivity index (χ4v) is 1.29. The molecule has 0 radical (unpaired) electrons. The Kier molecular flexibility index (Phi) is 7.41. The van der Waals surface area contributed by atoms with Gasteiger partial charge in [-0.3, -0.25) is 0 Å². The van der Waals surface area contributed by atoms with Crippen molar-refractivity contribution in [1.29, 1.82) is 0 Å². The van der Waals surface area contributed by atoms with Crippen molar-refractivity contribution >= 4 is 7.82 Å². The van der Waals surface area contributed by atoms with E-state index in [4.69, 9.17) is 9.79 Å². The van der Waals surface area contributed by atoms with E-state index >= 15 is 0 Å². The average molecular weight is 226 g/mol. The second-order valence-electron chi connectivity index (χ2n) is 3.27. The molecule has 0 heterocycles. The first kappa shape index (κ1) is 14.1. The fraction of sp³-hybridized carbons (Fsp3) is 1.00. The third-order valence-electron chi connectivity index (χ3n) is 2.00. The lowest BCUT2D eigenvalue weighted by molar-refractivity contribution is -0.231. The Hall–Kier alpha value is 0.0700. The van der Waals surface area contributed by atoms with Gasteiger partial charge in [-0.2, -0.15) is 0 Å². The summed E-state index contributed by atoms with van der Waals surface area (Å²) >= 11 is 0. The van der Waals surface area contributed by atoms with Crippen LogP contribution in [0.1, 0.15) is 39.5 Å². The number of unbranched alkanes of at least 4 members (excludes halogenated alkanes) is 1. The van der Waals surface area contributed by atoms with Crippen molar-refractivity contribution < 1.29 is 23.9 Å². The van der Waals surface area contributed by atoms with Crippen LogP contribution in [0.3, 0.4) is 0 Å². The summed E-state index contributed by atoms with van der Waals surface area (Å²) in [4.78, 5) is 21.2. The van der Waals surface area contributed by atoms with Gasteiger partial charge in [0.1, 0.15) is 0 Å². The maximum atomic E-state index is 10.3. The van der Waals surface area contributed by atoms with Gasteiger partial charge in [0, 0.05) is 0 Å². The number of rotatable bonds is 8. The van der Waals surface area contributed by atoms with Crippen LogP contribution in [0.25, 0.3) is 0 Å². The molecule has 1 atom stereocenters. The van der Waals surface area contributed by atoms with Gasteiger partial charge >= 0.3 is 7.82 Å². The summed E-state index contributed by atoms with van der Waals surface area (Å²) < 4.78 is 14.2. The molecule has 0 aliphatic heterocycles. The summed E-state index contributed by atoms with van der Waals surface area (Å²) in [5.74, 6) is 0.307. The van der Waals surface area contributed by atoms with E-state index in [-0.39, 0.29) is 6.61 Å². The van der Waals surface area contributed by atoms with Crippen LogP contribution in [0.15, 0.2) is 0 Å². The summed E-state index contributed by atoms with van der Waals surface area (Å²) in [6.07, 6.45) is 4.12. The van der Waals surface area contributed by atoms with Crippen molar-refractivity contribution in [2.75, 3.05) is 6.61 Å². The van der Waals surface area contributed by atoms with Crippen molar-refractivity contribution in [3.63, 3.8) is 0 Å². The zero-order chi connectivity index (χ0) is 11.0. The number of hydrogen-bond acceptors (Lipinski definition) is 3. The molecule has 0 spiro atoms. The molecule has 0 aliphatic carbocycles. The first-order chi connectivity index (χ1) is 6.49. The second kappa shape index (κ2) is 7.37. The van der Waals surface area contributed by atoms with Crippen LogP contribution in [0, 0.1) is 5.92 Å². The maximum Gasteiger partial charge on any atom is 0.496 e. The van der Waals surface area contributed by atoms with Crippen molar-refractivity contribution in [3.05, 3.63) is 0 Å². The molecule has 0 aromatic heterocycles. The summed E-state index contributed by atoms with van der Waals surface area (Å²) in [6, 6.07) is 0. The first-order valence-corrected chi connectivity index (χ1v) is 6.39. The van der Waals surface area contributed by atoms with E-state index < -0.39 is 7.82 Å². The molecule has 6 heteroatoms. The first-order valence-electron chi connectivity index (χ1n) is 4.86. The Labute approximate surface area is 84.6 Å². The van der Waals surface area contributed by atoms with Gasteiger partial charge in [0.2, 0.25) is 0 Å². The van der Waals surface area contributed by atoms with Crippen molar-refractivity contribution in [1.82, 2.24) is 0 Å². The molecular formula is C8H19O5P. The van der Waals surface area contributed by atoms with Gasteiger partial charge in [-0.25, -0.2) is 9.45 Å². The zero-order valence-corrected chi connectivity index (χ0v) is 9.57. The molecule has 1 unspecified atom stereocenters. The van der Waals surface area contributed by atoms with E-state index in [1.54, 1.807) is 0 Å². The highest BCUT2D eigenvalue weighted by Gasteiger charge is 2.16. The van der Waals surface area contributed by atoms with Gasteiger partial charge in [0.15, 0.2) is 0 Å². The Morgan fingerprint density at radius 1 is 1.36 bits per heavy atom. The Balaban J connectivity index is 3.57. The van der Waals surface area contributed by atoms with E-state index in [9.17, 15) is 4.57 Å². The predicted octanol–water partition coefficient (Wildman–Crippen LogP) is 2.24. The van der Waals surface area contributed by atoms with Crippen LogP contribution in [0.5, 0.6) is 0 Å². The van der Waals surface area contributed by atoms with Gasteiger partial charge < -0.3 is 9.79 Å². The van der Waals surface area contributed by atoms with Gasteiger partial charge in [0.25, 0.3) is 0 Å². The zero-order valence-electron chi connectivity index (χ0n) is 8.68. The third kappa shape index (κ3) is 8.66. The molecule has 0 aliphatic rings. The summed E-state index contributed by atoms with van der Waals surface area (Å²) in [7, 11) is -4.48. The standard InChI is InChI=1S/C8H19O5P/c1-3-5-6-8(4-2)7-12-13-14(9,10)11/h8H,3-7H2,1-2H3,(H2,9,10,11). The minimum Gasteiger partial charge on any atom is -0.301 e. The summed E-state index contributed by atoms with van der Waals surface area (Å²) in [5.41, 5.74) is 0. The molecule has 0 saturated carbocycles. The Morgan fingerprint density at radius 2 is 2.00 bits per heavy atom. The van der Waals surface area contributed by atoms with E-state index in [0.717, 1.165) is 25.7 Å².